The number of halogens is 1. The predicted molar refractivity (Wildman–Crippen MR) is 134 cm³/mol. The van der Waals surface area contributed by atoms with E-state index in [-0.39, 0.29) is 23.3 Å². The summed E-state index contributed by atoms with van der Waals surface area (Å²) in [6, 6.07) is 12.5. The maximum Gasteiger partial charge on any atom is 0.321 e. The quantitative estimate of drug-likeness (QED) is 0.541. The van der Waals surface area contributed by atoms with Gasteiger partial charge in [-0.25, -0.2) is 9.18 Å². The molecule has 2 fully saturated rings. The molecule has 2 aromatic carbocycles. The molecule has 1 saturated heterocycles. The van der Waals surface area contributed by atoms with Gasteiger partial charge in [-0.3, -0.25) is 4.90 Å². The lowest BCUT2D eigenvalue weighted by Crippen LogP contribution is -2.47. The number of anilines is 1. The lowest BCUT2D eigenvalue weighted by Gasteiger charge is -2.36. The molecule has 1 unspecified atom stereocenters. The fourth-order valence-corrected chi connectivity index (χ4v) is 5.16. The van der Waals surface area contributed by atoms with Gasteiger partial charge in [-0.1, -0.05) is 32.4 Å². The van der Waals surface area contributed by atoms with Gasteiger partial charge in [0, 0.05) is 58.0 Å². The number of methoxy groups -OCH3 is 1. The number of rotatable bonds is 7. The Hall–Kier alpha value is -2.64. The maximum atomic E-state index is 14.4. The molecule has 6 nitrogen and oxygen atoms in total. The highest BCUT2D eigenvalue weighted by Crippen LogP contribution is 2.38. The smallest absolute Gasteiger partial charge is 0.321 e. The van der Waals surface area contributed by atoms with Crippen LogP contribution in [0.2, 0.25) is 0 Å². The van der Waals surface area contributed by atoms with Gasteiger partial charge >= 0.3 is 6.03 Å². The van der Waals surface area contributed by atoms with Gasteiger partial charge in [0.2, 0.25) is 0 Å². The van der Waals surface area contributed by atoms with Crippen molar-refractivity contribution in [2.45, 2.75) is 64.2 Å². The first kappa shape index (κ1) is 25.5. The van der Waals surface area contributed by atoms with E-state index in [1.807, 2.05) is 30.3 Å². The fraction of sp³-hybridized carbons (Fsp3) is 0.536. The standard InChI is InChI=1S/C28H37FN2O4/c1-27(2)11-5-6-25(27)30-26(32)31(3)23-9-7-20(8-10-23)19-35-24-17-21(16-22(29)18-24)28(33-4)12-14-34-15-13-28/h7-10,16-18,25H,5-6,11-15,19H2,1-4H3,(H,30,32). The molecule has 1 N–H and O–H groups in total. The molecule has 0 radical (unpaired) electrons. The molecular formula is C28H37FN2O4. The zero-order valence-corrected chi connectivity index (χ0v) is 21.2. The van der Waals surface area contributed by atoms with Crippen LogP contribution >= 0.6 is 0 Å². The molecule has 2 amide bonds. The van der Waals surface area contributed by atoms with Gasteiger partial charge in [-0.2, -0.15) is 0 Å². The van der Waals surface area contributed by atoms with Crippen molar-refractivity contribution >= 4 is 11.7 Å². The van der Waals surface area contributed by atoms with Gasteiger partial charge in [0.05, 0.1) is 5.60 Å². The predicted octanol–water partition coefficient (Wildman–Crippen LogP) is 5.78. The van der Waals surface area contributed by atoms with Gasteiger partial charge < -0.3 is 19.5 Å². The summed E-state index contributed by atoms with van der Waals surface area (Å²) in [6.07, 6.45) is 4.64. The second-order valence-corrected chi connectivity index (χ2v) is 10.4. The third-order valence-corrected chi connectivity index (χ3v) is 7.68. The van der Waals surface area contributed by atoms with Crippen molar-refractivity contribution in [3.05, 3.63) is 59.4 Å². The van der Waals surface area contributed by atoms with Crippen LogP contribution in [0.5, 0.6) is 5.75 Å². The van der Waals surface area contributed by atoms with E-state index in [4.69, 9.17) is 14.2 Å². The minimum absolute atomic E-state index is 0.0959. The van der Waals surface area contributed by atoms with Crippen LogP contribution in [0.4, 0.5) is 14.9 Å². The summed E-state index contributed by atoms with van der Waals surface area (Å²) in [5.41, 5.74) is 2.07. The molecule has 2 aromatic rings. The molecule has 1 aliphatic heterocycles. The minimum atomic E-state index is -0.557. The summed E-state index contributed by atoms with van der Waals surface area (Å²) >= 11 is 0. The third-order valence-electron chi connectivity index (χ3n) is 7.68. The highest BCUT2D eigenvalue weighted by molar-refractivity contribution is 5.91. The minimum Gasteiger partial charge on any atom is -0.489 e. The van der Waals surface area contributed by atoms with Crippen LogP contribution in [-0.4, -0.2) is 39.4 Å². The molecule has 0 spiro atoms. The van der Waals surface area contributed by atoms with Crippen LogP contribution in [-0.2, 0) is 21.7 Å². The maximum absolute atomic E-state index is 14.4. The SMILES string of the molecule is COC1(c2cc(F)cc(OCc3ccc(N(C)C(=O)NC4CCCC4(C)C)cc3)c2)CCOCC1. The fourth-order valence-electron chi connectivity index (χ4n) is 5.16. The molecule has 1 aliphatic carbocycles. The van der Waals surface area contributed by atoms with Crippen LogP contribution in [0, 0.1) is 11.2 Å². The number of urea groups is 1. The Labute approximate surface area is 207 Å². The number of nitrogens with one attached hydrogen (secondary N) is 1. The number of amides is 2. The van der Waals surface area contributed by atoms with Crippen LogP contribution in [0.1, 0.15) is 57.1 Å². The van der Waals surface area contributed by atoms with Crippen LogP contribution in [0.3, 0.4) is 0 Å². The van der Waals surface area contributed by atoms with E-state index in [0.29, 0.717) is 38.4 Å². The highest BCUT2D eigenvalue weighted by Gasteiger charge is 2.36. The van der Waals surface area contributed by atoms with E-state index in [1.54, 1.807) is 19.1 Å². The summed E-state index contributed by atoms with van der Waals surface area (Å²) < 4.78 is 31.6. The van der Waals surface area contributed by atoms with Crippen molar-refractivity contribution in [3.63, 3.8) is 0 Å². The average Bonchev–Trinajstić information content (AvgIpc) is 3.20. The summed E-state index contributed by atoms with van der Waals surface area (Å²) in [6.45, 7) is 5.87. The Morgan fingerprint density at radius 1 is 1.14 bits per heavy atom. The number of hydrogen-bond donors (Lipinski definition) is 1. The average molecular weight is 485 g/mol. The Morgan fingerprint density at radius 2 is 1.86 bits per heavy atom. The Kier molecular flexibility index (Phi) is 7.67. The third kappa shape index (κ3) is 5.78. The molecule has 0 bridgehead atoms. The molecule has 0 aromatic heterocycles. The van der Waals surface area contributed by atoms with E-state index < -0.39 is 5.60 Å². The van der Waals surface area contributed by atoms with Crippen molar-refractivity contribution < 1.29 is 23.4 Å². The molecule has 35 heavy (non-hydrogen) atoms. The van der Waals surface area contributed by atoms with E-state index in [9.17, 15) is 9.18 Å². The second-order valence-electron chi connectivity index (χ2n) is 10.4. The van der Waals surface area contributed by atoms with Gasteiger partial charge in [0.15, 0.2) is 0 Å². The van der Waals surface area contributed by atoms with Crippen molar-refractivity contribution in [2.75, 3.05) is 32.3 Å². The molecule has 4 rings (SSSR count). The molecule has 1 saturated carbocycles. The number of ether oxygens (including phenoxy) is 3. The number of nitrogens with zero attached hydrogens (tertiary/aromatic N) is 1. The monoisotopic (exact) mass is 484 g/mol. The number of carbonyl (C=O) groups excluding carboxylic acids is 1. The number of carbonyl (C=O) groups is 1. The first-order valence-electron chi connectivity index (χ1n) is 12.4. The van der Waals surface area contributed by atoms with Crippen molar-refractivity contribution in [2.24, 2.45) is 5.41 Å². The zero-order valence-electron chi connectivity index (χ0n) is 21.2. The van der Waals surface area contributed by atoms with Gasteiger partial charge in [-0.05, 0) is 53.6 Å². The topological polar surface area (TPSA) is 60.0 Å². The summed E-state index contributed by atoms with van der Waals surface area (Å²) in [7, 11) is 3.43. The normalized spacial score (nSPS) is 20.9. The molecule has 7 heteroatoms. The second kappa shape index (κ2) is 10.5. The molecular weight excluding hydrogens is 447 g/mol. The highest BCUT2D eigenvalue weighted by atomic mass is 19.1. The van der Waals surface area contributed by atoms with Crippen LogP contribution < -0.4 is 15.0 Å². The summed E-state index contributed by atoms with van der Waals surface area (Å²) in [5, 5.41) is 3.18. The van der Waals surface area contributed by atoms with E-state index >= 15 is 0 Å². The van der Waals surface area contributed by atoms with Crippen molar-refractivity contribution in [1.29, 1.82) is 0 Å². The summed E-state index contributed by atoms with van der Waals surface area (Å²) in [5.74, 6) is 0.108. The number of benzene rings is 2. The first-order valence-corrected chi connectivity index (χ1v) is 12.4. The first-order chi connectivity index (χ1) is 16.7. The summed E-state index contributed by atoms with van der Waals surface area (Å²) in [4.78, 5) is 14.4. The van der Waals surface area contributed by atoms with Crippen LogP contribution in [0.15, 0.2) is 42.5 Å². The van der Waals surface area contributed by atoms with E-state index in [0.717, 1.165) is 36.1 Å². The molecule has 1 atom stereocenters. The van der Waals surface area contributed by atoms with Crippen molar-refractivity contribution in [1.82, 2.24) is 5.32 Å². The van der Waals surface area contributed by atoms with Gasteiger partial charge in [0.1, 0.15) is 18.2 Å². The van der Waals surface area contributed by atoms with Gasteiger partial charge in [-0.15, -0.1) is 0 Å². The van der Waals surface area contributed by atoms with Crippen LogP contribution in [0.25, 0.3) is 0 Å². The Bertz CT molecular complexity index is 1020. The Morgan fingerprint density at radius 3 is 2.49 bits per heavy atom. The molecule has 2 aliphatic rings. The van der Waals surface area contributed by atoms with Gasteiger partial charge in [0.25, 0.3) is 0 Å². The number of hydrogen-bond acceptors (Lipinski definition) is 4. The van der Waals surface area contributed by atoms with E-state index in [1.165, 1.54) is 12.1 Å². The zero-order chi connectivity index (χ0) is 25.1. The Balaban J connectivity index is 1.38. The van der Waals surface area contributed by atoms with E-state index in [2.05, 4.69) is 19.2 Å². The molecule has 1 heterocycles. The lowest BCUT2D eigenvalue weighted by molar-refractivity contribution is -0.0950. The largest absolute Gasteiger partial charge is 0.489 e. The van der Waals surface area contributed by atoms with Crippen molar-refractivity contribution in [3.8, 4) is 5.75 Å². The molecule has 190 valence electrons. The lowest BCUT2D eigenvalue weighted by atomic mass is 9.86.